The molecule has 0 amide bonds. The summed E-state index contributed by atoms with van der Waals surface area (Å²) in [5.74, 6) is -8.79. The summed E-state index contributed by atoms with van der Waals surface area (Å²) < 4.78 is 0. The topological polar surface area (TPSA) is 149 Å². The Hall–Kier alpha value is -2.12. The van der Waals surface area contributed by atoms with Crippen molar-refractivity contribution in [1.29, 1.82) is 0 Å². The SMILES string of the molecule is O=C(O)C12C3C4(C(=O)O)C1C1(C(=O)O)C2C3(C(=O)O)C41. The molecule has 0 aromatic heterocycles. The van der Waals surface area contributed by atoms with E-state index in [0.29, 0.717) is 0 Å². The van der Waals surface area contributed by atoms with Gasteiger partial charge in [0.15, 0.2) is 0 Å². The summed E-state index contributed by atoms with van der Waals surface area (Å²) in [6.45, 7) is 0. The summed E-state index contributed by atoms with van der Waals surface area (Å²) in [7, 11) is 0. The zero-order valence-corrected chi connectivity index (χ0v) is 9.73. The molecule has 0 atom stereocenters. The van der Waals surface area contributed by atoms with Crippen molar-refractivity contribution in [2.24, 2.45) is 45.3 Å². The van der Waals surface area contributed by atoms with Gasteiger partial charge < -0.3 is 20.4 Å². The van der Waals surface area contributed by atoms with Gasteiger partial charge in [0.25, 0.3) is 0 Å². The van der Waals surface area contributed by atoms with Gasteiger partial charge in [-0.1, -0.05) is 0 Å². The fourth-order valence-corrected chi connectivity index (χ4v) is 7.65. The largest absolute Gasteiger partial charge is 0.481 e. The zero-order valence-electron chi connectivity index (χ0n) is 9.73. The lowest BCUT2D eigenvalue weighted by Crippen LogP contribution is -3.21. The summed E-state index contributed by atoms with van der Waals surface area (Å²) >= 11 is 0. The number of hydrogen-bond acceptors (Lipinski definition) is 4. The van der Waals surface area contributed by atoms with Gasteiger partial charge >= 0.3 is 23.9 Å². The fourth-order valence-electron chi connectivity index (χ4n) is 7.65. The first kappa shape index (κ1) is 10.6. The van der Waals surface area contributed by atoms with Crippen LogP contribution in [-0.4, -0.2) is 44.3 Å². The van der Waals surface area contributed by atoms with E-state index >= 15 is 0 Å². The van der Waals surface area contributed by atoms with Gasteiger partial charge in [-0.25, -0.2) is 0 Å². The second-order valence-corrected chi connectivity index (χ2v) is 6.68. The highest BCUT2D eigenvalue weighted by Gasteiger charge is 3.26. The van der Waals surface area contributed by atoms with Crippen LogP contribution in [0.15, 0.2) is 0 Å². The molecule has 6 fully saturated rings. The highest BCUT2D eigenvalue weighted by atomic mass is 16.4. The Morgan fingerprint density at radius 2 is 0.650 bits per heavy atom. The Kier molecular flexibility index (Phi) is 1.08. The highest BCUT2D eigenvalue weighted by molar-refractivity contribution is 6.11. The number of carboxylic acids is 4. The van der Waals surface area contributed by atoms with Crippen molar-refractivity contribution >= 4 is 23.9 Å². The number of carbonyl (C=O) groups is 4. The maximum atomic E-state index is 11.5. The molecule has 8 heteroatoms. The van der Waals surface area contributed by atoms with Crippen LogP contribution in [0.5, 0.6) is 0 Å². The van der Waals surface area contributed by atoms with Gasteiger partial charge in [-0.15, -0.1) is 0 Å². The maximum Gasteiger partial charge on any atom is 0.310 e. The molecule has 0 radical (unpaired) electrons. The van der Waals surface area contributed by atoms with Gasteiger partial charge in [-0.2, -0.15) is 0 Å². The smallest absolute Gasteiger partial charge is 0.310 e. The number of aliphatic carboxylic acids is 4. The number of rotatable bonds is 4. The van der Waals surface area contributed by atoms with Crippen LogP contribution in [0, 0.1) is 45.3 Å². The van der Waals surface area contributed by atoms with E-state index in [0.717, 1.165) is 0 Å². The molecule has 0 spiro atoms. The summed E-state index contributed by atoms with van der Waals surface area (Å²) in [6, 6.07) is 0. The van der Waals surface area contributed by atoms with E-state index in [9.17, 15) is 39.6 Å². The molecule has 20 heavy (non-hydrogen) atoms. The van der Waals surface area contributed by atoms with Gasteiger partial charge in [0, 0.05) is 23.7 Å². The third kappa shape index (κ3) is 0.399. The Morgan fingerprint density at radius 3 is 0.750 bits per heavy atom. The first-order valence-corrected chi connectivity index (χ1v) is 6.18. The molecule has 0 heterocycles. The third-order valence-electron chi connectivity index (χ3n) is 7.21. The van der Waals surface area contributed by atoms with E-state index in [1.54, 1.807) is 0 Å². The van der Waals surface area contributed by atoms with Gasteiger partial charge in [0.05, 0.1) is 21.7 Å². The van der Waals surface area contributed by atoms with Crippen LogP contribution in [0.2, 0.25) is 0 Å². The molecule has 104 valence electrons. The quantitative estimate of drug-likeness (QED) is 0.501. The average Bonchev–Trinajstić information content (AvgIpc) is 2.35. The lowest BCUT2D eigenvalue weighted by molar-refractivity contribution is -0.683. The van der Waals surface area contributed by atoms with Gasteiger partial charge in [0.1, 0.15) is 0 Å². The van der Waals surface area contributed by atoms with E-state index in [-0.39, 0.29) is 0 Å². The monoisotopic (exact) mass is 280 g/mol. The van der Waals surface area contributed by atoms with E-state index in [1.807, 2.05) is 0 Å². The molecule has 6 aliphatic carbocycles. The minimum atomic E-state index is -1.43. The molecule has 0 saturated heterocycles. The average molecular weight is 280 g/mol. The molecule has 0 unspecified atom stereocenters. The van der Waals surface area contributed by atoms with E-state index in [1.165, 1.54) is 0 Å². The normalized spacial score (nSPS) is 64.4. The van der Waals surface area contributed by atoms with Crippen molar-refractivity contribution in [3.05, 3.63) is 0 Å². The van der Waals surface area contributed by atoms with Crippen LogP contribution in [0.4, 0.5) is 0 Å². The highest BCUT2D eigenvalue weighted by Crippen LogP contribution is 3.18. The van der Waals surface area contributed by atoms with Crippen molar-refractivity contribution in [1.82, 2.24) is 0 Å². The molecule has 6 saturated carbocycles. The Balaban J connectivity index is 1.76. The first-order chi connectivity index (χ1) is 9.24. The summed E-state index contributed by atoms with van der Waals surface area (Å²) in [4.78, 5) is 46.0. The van der Waals surface area contributed by atoms with E-state index in [2.05, 4.69) is 0 Å². The van der Waals surface area contributed by atoms with Crippen LogP contribution < -0.4 is 0 Å². The molecule has 4 N–H and O–H groups in total. The number of carboxylic acid groups (broad SMARTS) is 4. The van der Waals surface area contributed by atoms with Gasteiger partial charge in [0.2, 0.25) is 0 Å². The first-order valence-electron chi connectivity index (χ1n) is 6.18. The van der Waals surface area contributed by atoms with Crippen molar-refractivity contribution in [2.75, 3.05) is 0 Å². The summed E-state index contributed by atoms with van der Waals surface area (Å²) in [5, 5.41) is 37.5. The lowest BCUT2D eigenvalue weighted by atomic mass is 8.84. The Bertz CT molecular complexity index is 535. The van der Waals surface area contributed by atoms with Crippen LogP contribution >= 0.6 is 0 Å². The molecule has 6 aliphatic rings. The third-order valence-corrected chi connectivity index (χ3v) is 7.21. The molecule has 0 aromatic rings. The minimum Gasteiger partial charge on any atom is -0.481 e. The molecular formula is C12H8O8. The van der Waals surface area contributed by atoms with Gasteiger partial charge in [-0.3, -0.25) is 19.2 Å². The predicted octanol–water partition coefficient (Wildman–Crippen LogP) is -1.20. The van der Waals surface area contributed by atoms with Crippen molar-refractivity contribution in [3.8, 4) is 0 Å². The van der Waals surface area contributed by atoms with E-state index in [4.69, 9.17) is 0 Å². The molecule has 0 aliphatic heterocycles. The number of hydrogen-bond donors (Lipinski definition) is 4. The summed E-state index contributed by atoms with van der Waals surface area (Å²) in [5.41, 5.74) is -5.71. The maximum absolute atomic E-state index is 11.5. The molecule has 8 nitrogen and oxygen atoms in total. The van der Waals surface area contributed by atoms with Crippen LogP contribution in [0.25, 0.3) is 0 Å². The Morgan fingerprint density at radius 1 is 0.500 bits per heavy atom. The lowest BCUT2D eigenvalue weighted by Gasteiger charge is -3.13. The van der Waals surface area contributed by atoms with Crippen LogP contribution in [0.1, 0.15) is 0 Å². The standard InChI is InChI=1S/C12H8O8/c13-5(14)9-1-10(6(15)16)2(9)12(8(19)20)3(9)11(1,4(10)12)7(17)18/h1-4H,(H,13,14)(H,15,16)(H,17,18)(H,19,20). The molecular weight excluding hydrogens is 272 g/mol. The second kappa shape index (κ2) is 2.02. The molecule has 0 aromatic carbocycles. The van der Waals surface area contributed by atoms with Crippen molar-refractivity contribution < 1.29 is 39.6 Å². The fraction of sp³-hybridized carbons (Fsp3) is 0.667. The van der Waals surface area contributed by atoms with Crippen molar-refractivity contribution in [3.63, 3.8) is 0 Å². The summed E-state index contributed by atoms with van der Waals surface area (Å²) in [6.07, 6.45) is 0. The predicted molar refractivity (Wildman–Crippen MR) is 54.2 cm³/mol. The Labute approximate surface area is 110 Å². The van der Waals surface area contributed by atoms with Crippen LogP contribution in [-0.2, 0) is 19.2 Å². The van der Waals surface area contributed by atoms with Gasteiger partial charge in [-0.05, 0) is 0 Å². The van der Waals surface area contributed by atoms with Crippen molar-refractivity contribution in [2.45, 2.75) is 0 Å². The molecule has 0 bridgehead atoms. The zero-order chi connectivity index (χ0) is 14.6. The second-order valence-electron chi connectivity index (χ2n) is 6.68. The molecule has 6 rings (SSSR count). The minimum absolute atomic E-state index is 0.948. The van der Waals surface area contributed by atoms with Crippen LogP contribution in [0.3, 0.4) is 0 Å². The van der Waals surface area contributed by atoms with E-state index < -0.39 is 69.2 Å².